The van der Waals surface area contributed by atoms with Gasteiger partial charge in [-0.25, -0.2) is 9.18 Å². The summed E-state index contributed by atoms with van der Waals surface area (Å²) in [6.07, 6.45) is -0.144. The molecule has 0 spiro atoms. The van der Waals surface area contributed by atoms with Crippen molar-refractivity contribution in [1.29, 1.82) is 0 Å². The first-order chi connectivity index (χ1) is 23.8. The fraction of sp³-hybridized carbons (Fsp3) is 0.275. The molecular weight excluding hydrogens is 639 g/mol. The highest BCUT2D eigenvalue weighted by molar-refractivity contribution is 6.30. The first kappa shape index (κ1) is 35.7. The molecule has 0 atom stereocenters. The Labute approximate surface area is 291 Å². The third kappa shape index (κ3) is 7.80. The number of carbonyl (C=O) groups excluding carboxylic acids is 3. The van der Waals surface area contributed by atoms with Crippen molar-refractivity contribution >= 4 is 34.8 Å². The Balaban J connectivity index is 1.60. The van der Waals surface area contributed by atoms with Crippen LogP contribution in [0.3, 0.4) is 0 Å². The third-order valence-corrected chi connectivity index (χ3v) is 8.25. The number of benzene rings is 4. The predicted octanol–water partition coefficient (Wildman–Crippen LogP) is 7.15. The van der Waals surface area contributed by atoms with Crippen LogP contribution in [0.25, 0.3) is 5.76 Å². The SMILES string of the molecule is COC1=C(C(=O)N(Cc2ccc(OC)cc2OC)c2ccc(C(=O)OC(C)(C)C)cc2)C(=O)Cc2c1cc(F)cc2N(C)Cc1ccccc1. The molecular formula is C40H41FN2O7. The number of nitrogens with zero attached hydrogens (tertiary/aromatic N) is 2. The molecule has 260 valence electrons. The second-order valence-electron chi connectivity index (χ2n) is 12.9. The van der Waals surface area contributed by atoms with Crippen molar-refractivity contribution < 1.29 is 37.7 Å². The Bertz CT molecular complexity index is 1930. The van der Waals surface area contributed by atoms with Gasteiger partial charge in [0.1, 0.15) is 34.2 Å². The van der Waals surface area contributed by atoms with E-state index in [1.165, 1.54) is 38.4 Å². The summed E-state index contributed by atoms with van der Waals surface area (Å²) in [5.41, 5.74) is 2.82. The number of hydrogen-bond donors (Lipinski definition) is 0. The Kier molecular flexibility index (Phi) is 10.6. The minimum Gasteiger partial charge on any atom is -0.497 e. The molecule has 0 radical (unpaired) electrons. The van der Waals surface area contributed by atoms with Crippen molar-refractivity contribution in [3.05, 3.63) is 124 Å². The zero-order chi connectivity index (χ0) is 36.2. The van der Waals surface area contributed by atoms with Crippen LogP contribution >= 0.6 is 0 Å². The standard InChI is InChI=1S/C40H41FN2O7/c1-40(2,3)50-39(46)26-13-16-29(17-14-26)43(24-27-15-18-30(47-5)21-35(27)48-6)38(45)36-34(44)22-31-32(37(36)49-7)19-28(41)20-33(31)42(4)23-25-11-9-8-10-12-25/h8-21H,22-24H2,1-7H3. The van der Waals surface area contributed by atoms with Crippen molar-refractivity contribution in [2.75, 3.05) is 38.2 Å². The second-order valence-corrected chi connectivity index (χ2v) is 12.9. The molecule has 1 aliphatic carbocycles. The average molecular weight is 681 g/mol. The molecule has 4 aromatic carbocycles. The van der Waals surface area contributed by atoms with Gasteiger partial charge in [-0.1, -0.05) is 30.3 Å². The first-order valence-electron chi connectivity index (χ1n) is 16.1. The van der Waals surface area contributed by atoms with Gasteiger partial charge in [0.25, 0.3) is 5.91 Å². The molecule has 0 saturated carbocycles. The normalized spacial score (nSPS) is 12.6. The van der Waals surface area contributed by atoms with Crippen LogP contribution < -0.4 is 19.3 Å². The van der Waals surface area contributed by atoms with Crippen molar-refractivity contribution in [3.63, 3.8) is 0 Å². The molecule has 5 rings (SSSR count). The second kappa shape index (κ2) is 14.9. The van der Waals surface area contributed by atoms with Gasteiger partial charge in [0, 0.05) is 48.6 Å². The summed E-state index contributed by atoms with van der Waals surface area (Å²) < 4.78 is 37.5. The molecule has 9 nitrogen and oxygen atoms in total. The lowest BCUT2D eigenvalue weighted by Gasteiger charge is -2.30. The number of hydrogen-bond acceptors (Lipinski definition) is 8. The molecule has 0 fully saturated rings. The maximum absolute atomic E-state index is 15.3. The molecule has 50 heavy (non-hydrogen) atoms. The van der Waals surface area contributed by atoms with Gasteiger partial charge < -0.3 is 28.7 Å². The number of ketones is 1. The summed E-state index contributed by atoms with van der Waals surface area (Å²) in [5.74, 6) is -1.19. The van der Waals surface area contributed by atoms with E-state index in [2.05, 4.69) is 0 Å². The number of anilines is 2. The number of Topliss-reactive ketones (excluding diaryl/α,β-unsaturated/α-hetero) is 1. The molecule has 0 unspecified atom stereocenters. The summed E-state index contributed by atoms with van der Waals surface area (Å²) in [5, 5.41) is 0. The highest BCUT2D eigenvalue weighted by Crippen LogP contribution is 2.39. The number of amides is 1. The zero-order valence-electron chi connectivity index (χ0n) is 29.3. The predicted molar refractivity (Wildman–Crippen MR) is 190 cm³/mol. The summed E-state index contributed by atoms with van der Waals surface area (Å²) in [6.45, 7) is 5.78. The Morgan fingerprint density at radius 3 is 2.16 bits per heavy atom. The molecule has 1 aliphatic rings. The highest BCUT2D eigenvalue weighted by Gasteiger charge is 2.37. The fourth-order valence-electron chi connectivity index (χ4n) is 5.92. The van der Waals surface area contributed by atoms with Gasteiger partial charge in [-0.3, -0.25) is 9.59 Å². The smallest absolute Gasteiger partial charge is 0.338 e. The molecule has 0 aliphatic heterocycles. The van der Waals surface area contributed by atoms with E-state index in [1.54, 1.807) is 63.2 Å². The number of fused-ring (bicyclic) bond motifs is 1. The van der Waals surface area contributed by atoms with Crippen LogP contribution in [0.4, 0.5) is 15.8 Å². The lowest BCUT2D eigenvalue weighted by Crippen LogP contribution is -2.37. The molecule has 0 saturated heterocycles. The molecule has 10 heteroatoms. The van der Waals surface area contributed by atoms with Gasteiger partial charge in [-0.2, -0.15) is 0 Å². The Morgan fingerprint density at radius 2 is 1.54 bits per heavy atom. The van der Waals surface area contributed by atoms with Crippen molar-refractivity contribution in [1.82, 2.24) is 0 Å². The van der Waals surface area contributed by atoms with E-state index in [4.69, 9.17) is 18.9 Å². The lowest BCUT2D eigenvalue weighted by molar-refractivity contribution is -0.121. The number of carbonyl (C=O) groups is 3. The van der Waals surface area contributed by atoms with Crippen LogP contribution in [-0.4, -0.2) is 51.6 Å². The minimum absolute atomic E-state index is 0.0211. The topological polar surface area (TPSA) is 94.6 Å². The van der Waals surface area contributed by atoms with E-state index in [0.717, 1.165) is 5.56 Å². The maximum atomic E-state index is 15.3. The lowest BCUT2D eigenvalue weighted by atomic mass is 9.87. The van der Waals surface area contributed by atoms with E-state index in [-0.39, 0.29) is 24.3 Å². The van der Waals surface area contributed by atoms with E-state index in [9.17, 15) is 14.4 Å². The van der Waals surface area contributed by atoms with Crippen molar-refractivity contribution in [3.8, 4) is 11.5 Å². The number of ether oxygens (including phenoxy) is 4. The van der Waals surface area contributed by atoms with Crippen molar-refractivity contribution in [2.24, 2.45) is 0 Å². The van der Waals surface area contributed by atoms with Gasteiger partial charge in [-0.15, -0.1) is 0 Å². The Hall–Kier alpha value is -5.64. The van der Waals surface area contributed by atoms with Crippen LogP contribution in [0, 0.1) is 5.82 Å². The van der Waals surface area contributed by atoms with Gasteiger partial charge in [0.15, 0.2) is 5.78 Å². The number of halogens is 1. The summed E-state index contributed by atoms with van der Waals surface area (Å²) in [6, 6.07) is 23.9. The van der Waals surface area contributed by atoms with Crippen LogP contribution in [0.2, 0.25) is 0 Å². The Morgan fingerprint density at radius 1 is 0.840 bits per heavy atom. The van der Waals surface area contributed by atoms with E-state index in [0.29, 0.717) is 51.7 Å². The summed E-state index contributed by atoms with van der Waals surface area (Å²) in [7, 11) is 6.23. The van der Waals surface area contributed by atoms with E-state index >= 15 is 4.39 Å². The molecule has 1 amide bonds. The zero-order valence-corrected chi connectivity index (χ0v) is 29.3. The molecule has 0 aromatic heterocycles. The monoisotopic (exact) mass is 680 g/mol. The van der Waals surface area contributed by atoms with Gasteiger partial charge >= 0.3 is 5.97 Å². The summed E-state index contributed by atoms with van der Waals surface area (Å²) in [4.78, 5) is 44.8. The first-order valence-corrected chi connectivity index (χ1v) is 16.1. The average Bonchev–Trinajstić information content (AvgIpc) is 3.09. The van der Waals surface area contributed by atoms with Crippen LogP contribution in [0.1, 0.15) is 53.4 Å². The molecule has 0 heterocycles. The van der Waals surface area contributed by atoms with Crippen LogP contribution in [0.5, 0.6) is 11.5 Å². The van der Waals surface area contributed by atoms with Gasteiger partial charge in [0.2, 0.25) is 0 Å². The number of esters is 1. The summed E-state index contributed by atoms with van der Waals surface area (Å²) >= 11 is 0. The largest absolute Gasteiger partial charge is 0.497 e. The van der Waals surface area contributed by atoms with E-state index < -0.39 is 29.1 Å². The molecule has 4 aromatic rings. The maximum Gasteiger partial charge on any atom is 0.338 e. The molecule has 0 N–H and O–H groups in total. The van der Waals surface area contributed by atoms with Gasteiger partial charge in [-0.05, 0) is 80.4 Å². The van der Waals surface area contributed by atoms with Crippen molar-refractivity contribution in [2.45, 2.75) is 45.9 Å². The number of methoxy groups -OCH3 is 3. The third-order valence-electron chi connectivity index (χ3n) is 8.25. The highest BCUT2D eigenvalue weighted by atomic mass is 19.1. The van der Waals surface area contributed by atoms with Crippen LogP contribution in [0.15, 0.2) is 90.5 Å². The quantitative estimate of drug-likeness (QED) is 0.122. The molecule has 0 bridgehead atoms. The fourth-order valence-corrected chi connectivity index (χ4v) is 5.92. The van der Waals surface area contributed by atoms with E-state index in [1.807, 2.05) is 42.3 Å². The number of rotatable bonds is 11. The van der Waals surface area contributed by atoms with Crippen LogP contribution in [-0.2, 0) is 38.6 Å². The minimum atomic E-state index is -0.695. The van der Waals surface area contributed by atoms with Gasteiger partial charge in [0.05, 0.1) is 33.4 Å².